The van der Waals surface area contributed by atoms with Crippen molar-refractivity contribution in [2.24, 2.45) is 0 Å². The molecule has 0 saturated carbocycles. The van der Waals surface area contributed by atoms with Gasteiger partial charge in [0.05, 0.1) is 11.0 Å². The van der Waals surface area contributed by atoms with E-state index in [4.69, 9.17) is 0 Å². The summed E-state index contributed by atoms with van der Waals surface area (Å²) in [4.78, 5) is 23.3. The van der Waals surface area contributed by atoms with Crippen molar-refractivity contribution >= 4 is 17.2 Å². The van der Waals surface area contributed by atoms with Crippen molar-refractivity contribution in [3.05, 3.63) is 106 Å². The number of carbonyl (C=O) groups is 1. The molecule has 0 aliphatic carbocycles. The van der Waals surface area contributed by atoms with Crippen molar-refractivity contribution in [1.29, 1.82) is 0 Å². The number of nitrogens with zero attached hydrogens (tertiary/aromatic N) is 1. The first kappa shape index (κ1) is 18.3. The van der Waals surface area contributed by atoms with Gasteiger partial charge in [-0.3, -0.25) is 14.9 Å². The summed E-state index contributed by atoms with van der Waals surface area (Å²) in [7, 11) is 0. The SMILES string of the molecule is Cc1ccc(C(=O)CC(Nc2cccc([N+](=O)[O-])c2)c2ccccc2)cc1. The van der Waals surface area contributed by atoms with Crippen LogP contribution in [0.3, 0.4) is 0 Å². The number of Topliss-reactive ketones (excluding diaryl/α,β-unsaturated/α-hetero) is 1. The molecule has 0 radical (unpaired) electrons. The lowest BCUT2D eigenvalue weighted by Gasteiger charge is -2.20. The van der Waals surface area contributed by atoms with Gasteiger partial charge in [0.1, 0.15) is 0 Å². The first-order valence-corrected chi connectivity index (χ1v) is 8.69. The summed E-state index contributed by atoms with van der Waals surface area (Å²) in [6.07, 6.45) is 0.246. The number of non-ortho nitro benzene ring substituents is 1. The summed E-state index contributed by atoms with van der Waals surface area (Å²) < 4.78 is 0. The van der Waals surface area contributed by atoms with Crippen LogP contribution in [0.2, 0.25) is 0 Å². The predicted molar refractivity (Wildman–Crippen MR) is 106 cm³/mol. The normalized spacial score (nSPS) is 11.6. The highest BCUT2D eigenvalue weighted by Crippen LogP contribution is 2.26. The zero-order valence-corrected chi connectivity index (χ0v) is 15.0. The zero-order valence-electron chi connectivity index (χ0n) is 15.0. The molecule has 0 aliphatic heterocycles. The second-order valence-electron chi connectivity index (χ2n) is 6.41. The van der Waals surface area contributed by atoms with Gasteiger partial charge in [-0.2, -0.15) is 0 Å². The van der Waals surface area contributed by atoms with E-state index in [-0.39, 0.29) is 23.9 Å². The van der Waals surface area contributed by atoms with Crippen LogP contribution in [0.5, 0.6) is 0 Å². The third kappa shape index (κ3) is 4.79. The van der Waals surface area contributed by atoms with Gasteiger partial charge in [0.25, 0.3) is 5.69 Å². The molecule has 0 amide bonds. The van der Waals surface area contributed by atoms with Gasteiger partial charge < -0.3 is 5.32 Å². The van der Waals surface area contributed by atoms with E-state index in [2.05, 4.69) is 5.32 Å². The summed E-state index contributed by atoms with van der Waals surface area (Å²) in [5, 5.41) is 14.3. The number of rotatable bonds is 7. The number of nitro benzene ring substituents is 1. The molecule has 3 aromatic carbocycles. The van der Waals surface area contributed by atoms with E-state index in [1.165, 1.54) is 12.1 Å². The number of nitrogens with one attached hydrogen (secondary N) is 1. The third-order valence-corrected chi connectivity index (χ3v) is 4.36. The van der Waals surface area contributed by atoms with Crippen molar-refractivity contribution < 1.29 is 9.72 Å². The minimum absolute atomic E-state index is 0.0108. The van der Waals surface area contributed by atoms with E-state index in [0.29, 0.717) is 11.3 Å². The van der Waals surface area contributed by atoms with E-state index < -0.39 is 4.92 Å². The number of ketones is 1. The Morgan fingerprint density at radius 2 is 1.70 bits per heavy atom. The number of nitro groups is 1. The number of carbonyl (C=O) groups excluding carboxylic acids is 1. The summed E-state index contributed by atoms with van der Waals surface area (Å²) in [6.45, 7) is 1.98. The molecule has 0 heterocycles. The fourth-order valence-corrected chi connectivity index (χ4v) is 2.89. The number of hydrogen-bond acceptors (Lipinski definition) is 4. The molecule has 0 aromatic heterocycles. The molecule has 0 saturated heterocycles. The Hall–Kier alpha value is -3.47. The molecular formula is C22H20N2O3. The average Bonchev–Trinajstić information content (AvgIpc) is 2.69. The van der Waals surface area contributed by atoms with Gasteiger partial charge in [-0.1, -0.05) is 66.2 Å². The molecule has 3 rings (SSSR count). The minimum atomic E-state index is -0.430. The summed E-state index contributed by atoms with van der Waals surface area (Å²) >= 11 is 0. The Balaban J connectivity index is 1.85. The van der Waals surface area contributed by atoms with E-state index in [1.54, 1.807) is 12.1 Å². The molecule has 1 N–H and O–H groups in total. The monoisotopic (exact) mass is 360 g/mol. The van der Waals surface area contributed by atoms with Crippen molar-refractivity contribution in [3.63, 3.8) is 0 Å². The lowest BCUT2D eigenvalue weighted by atomic mass is 9.97. The molecule has 1 atom stereocenters. The summed E-state index contributed by atoms with van der Waals surface area (Å²) in [5.41, 5.74) is 3.32. The molecule has 0 bridgehead atoms. The molecule has 0 aliphatic rings. The highest BCUT2D eigenvalue weighted by Gasteiger charge is 2.18. The van der Waals surface area contributed by atoms with Gasteiger partial charge in [0, 0.05) is 29.8 Å². The van der Waals surface area contributed by atoms with Crippen molar-refractivity contribution in [1.82, 2.24) is 0 Å². The van der Waals surface area contributed by atoms with Gasteiger partial charge in [0.2, 0.25) is 0 Å². The van der Waals surface area contributed by atoms with Crippen LogP contribution in [-0.4, -0.2) is 10.7 Å². The highest BCUT2D eigenvalue weighted by molar-refractivity contribution is 5.96. The van der Waals surface area contributed by atoms with Crippen LogP contribution in [-0.2, 0) is 0 Å². The van der Waals surface area contributed by atoms with Gasteiger partial charge in [-0.15, -0.1) is 0 Å². The second-order valence-corrected chi connectivity index (χ2v) is 6.41. The summed E-state index contributed by atoms with van der Waals surface area (Å²) in [5.74, 6) is 0.0155. The zero-order chi connectivity index (χ0) is 19.2. The van der Waals surface area contributed by atoms with E-state index >= 15 is 0 Å². The molecular weight excluding hydrogens is 340 g/mol. The van der Waals surface area contributed by atoms with Crippen LogP contribution < -0.4 is 5.32 Å². The third-order valence-electron chi connectivity index (χ3n) is 4.36. The molecule has 0 fully saturated rings. The maximum atomic E-state index is 12.8. The van der Waals surface area contributed by atoms with E-state index in [0.717, 1.165) is 11.1 Å². The number of hydrogen-bond donors (Lipinski definition) is 1. The van der Waals surface area contributed by atoms with Crippen molar-refractivity contribution in [2.45, 2.75) is 19.4 Å². The van der Waals surface area contributed by atoms with E-state index in [9.17, 15) is 14.9 Å². The Kier molecular flexibility index (Phi) is 5.61. The fourth-order valence-electron chi connectivity index (χ4n) is 2.89. The largest absolute Gasteiger partial charge is 0.378 e. The topological polar surface area (TPSA) is 72.2 Å². The quantitative estimate of drug-likeness (QED) is 0.351. The maximum absolute atomic E-state index is 12.8. The van der Waals surface area contributed by atoms with Gasteiger partial charge >= 0.3 is 0 Å². The standard InChI is InChI=1S/C22H20N2O3/c1-16-10-12-18(13-11-16)22(25)15-21(17-6-3-2-4-7-17)23-19-8-5-9-20(14-19)24(26)27/h2-14,21,23H,15H2,1H3. The van der Waals surface area contributed by atoms with Gasteiger partial charge in [0.15, 0.2) is 5.78 Å². The number of aryl methyl sites for hydroxylation is 1. The Bertz CT molecular complexity index is 937. The first-order chi connectivity index (χ1) is 13.0. The van der Waals surface area contributed by atoms with Crippen molar-refractivity contribution in [2.75, 3.05) is 5.32 Å². The fraction of sp³-hybridized carbons (Fsp3) is 0.136. The van der Waals surface area contributed by atoms with Gasteiger partial charge in [-0.25, -0.2) is 0 Å². The van der Waals surface area contributed by atoms with E-state index in [1.807, 2.05) is 61.5 Å². The average molecular weight is 360 g/mol. The summed E-state index contributed by atoms with van der Waals surface area (Å²) in [6, 6.07) is 23.1. The lowest BCUT2D eigenvalue weighted by Crippen LogP contribution is -2.16. The Morgan fingerprint density at radius 1 is 1.00 bits per heavy atom. The van der Waals surface area contributed by atoms with Crippen LogP contribution in [0, 0.1) is 17.0 Å². The van der Waals surface area contributed by atoms with Crippen LogP contribution >= 0.6 is 0 Å². The van der Waals surface area contributed by atoms with Crippen LogP contribution in [0.15, 0.2) is 78.9 Å². The maximum Gasteiger partial charge on any atom is 0.271 e. The second kappa shape index (κ2) is 8.27. The first-order valence-electron chi connectivity index (χ1n) is 8.69. The van der Waals surface area contributed by atoms with Crippen molar-refractivity contribution in [3.8, 4) is 0 Å². The number of anilines is 1. The lowest BCUT2D eigenvalue weighted by molar-refractivity contribution is -0.384. The molecule has 0 spiro atoms. The van der Waals surface area contributed by atoms with Crippen LogP contribution in [0.4, 0.5) is 11.4 Å². The smallest absolute Gasteiger partial charge is 0.271 e. The molecule has 27 heavy (non-hydrogen) atoms. The molecule has 136 valence electrons. The molecule has 5 nitrogen and oxygen atoms in total. The predicted octanol–water partition coefficient (Wildman–Crippen LogP) is 5.33. The minimum Gasteiger partial charge on any atom is -0.378 e. The Labute approximate surface area is 157 Å². The van der Waals surface area contributed by atoms with Crippen LogP contribution in [0.1, 0.15) is 33.9 Å². The molecule has 5 heteroatoms. The van der Waals surface area contributed by atoms with Crippen LogP contribution in [0.25, 0.3) is 0 Å². The highest BCUT2D eigenvalue weighted by atomic mass is 16.6. The molecule has 1 unspecified atom stereocenters. The Morgan fingerprint density at radius 3 is 2.37 bits per heavy atom. The number of benzene rings is 3. The van der Waals surface area contributed by atoms with Gasteiger partial charge in [-0.05, 0) is 18.6 Å². The molecule has 3 aromatic rings.